The first-order valence-electron chi connectivity index (χ1n) is 8.87. The van der Waals surface area contributed by atoms with Crippen molar-refractivity contribution in [3.05, 3.63) is 11.6 Å². The second kappa shape index (κ2) is 4.44. The summed E-state index contributed by atoms with van der Waals surface area (Å²) in [5.41, 5.74) is 1.69. The van der Waals surface area contributed by atoms with E-state index in [4.69, 9.17) is 0 Å². The van der Waals surface area contributed by atoms with Crippen LogP contribution in [-0.2, 0) is 4.79 Å². The van der Waals surface area contributed by atoms with Crippen molar-refractivity contribution in [1.82, 2.24) is 0 Å². The van der Waals surface area contributed by atoms with E-state index in [2.05, 4.69) is 13.8 Å². The first-order valence-corrected chi connectivity index (χ1v) is 8.87. The molecule has 0 aromatic rings. The molecule has 0 saturated heterocycles. The average molecular weight is 288 g/mol. The van der Waals surface area contributed by atoms with Crippen LogP contribution in [0.15, 0.2) is 11.6 Å². The molecule has 6 atom stereocenters. The van der Waals surface area contributed by atoms with Gasteiger partial charge in [0.2, 0.25) is 0 Å². The maximum Gasteiger partial charge on any atom is 0.155 e. The molecular formula is C19H28O2. The Balaban J connectivity index is 1.73. The molecule has 0 aromatic heterocycles. The molecule has 0 amide bonds. The summed E-state index contributed by atoms with van der Waals surface area (Å²) in [4.78, 5) is 11.8. The van der Waals surface area contributed by atoms with Crippen molar-refractivity contribution in [2.75, 3.05) is 0 Å². The fourth-order valence-electron chi connectivity index (χ4n) is 6.60. The van der Waals surface area contributed by atoms with Crippen molar-refractivity contribution in [3.63, 3.8) is 0 Å². The van der Waals surface area contributed by atoms with Gasteiger partial charge in [0.1, 0.15) is 0 Å². The van der Waals surface area contributed by atoms with Crippen LogP contribution in [0.2, 0.25) is 0 Å². The van der Waals surface area contributed by atoms with Crippen molar-refractivity contribution in [1.29, 1.82) is 0 Å². The van der Waals surface area contributed by atoms with E-state index in [0.717, 1.165) is 24.3 Å². The molecule has 4 aliphatic rings. The van der Waals surface area contributed by atoms with Gasteiger partial charge in [-0.3, -0.25) is 4.79 Å². The van der Waals surface area contributed by atoms with Crippen molar-refractivity contribution in [2.45, 2.75) is 71.3 Å². The van der Waals surface area contributed by atoms with Crippen molar-refractivity contribution < 1.29 is 9.90 Å². The van der Waals surface area contributed by atoms with Crippen LogP contribution in [0.4, 0.5) is 0 Å². The predicted molar refractivity (Wildman–Crippen MR) is 82.7 cm³/mol. The Bertz CT molecular complexity index is 508. The molecule has 1 unspecified atom stereocenters. The van der Waals surface area contributed by atoms with Crippen LogP contribution in [0.25, 0.3) is 0 Å². The van der Waals surface area contributed by atoms with Gasteiger partial charge < -0.3 is 5.11 Å². The molecule has 0 aromatic carbocycles. The molecule has 0 heterocycles. The van der Waals surface area contributed by atoms with E-state index < -0.39 is 0 Å². The zero-order valence-corrected chi connectivity index (χ0v) is 13.4. The summed E-state index contributed by atoms with van der Waals surface area (Å²) in [5, 5.41) is 10.7. The van der Waals surface area contributed by atoms with Crippen LogP contribution in [0.5, 0.6) is 0 Å². The van der Waals surface area contributed by atoms with Crippen LogP contribution >= 0.6 is 0 Å². The second-order valence-corrected chi connectivity index (χ2v) is 8.70. The third-order valence-electron chi connectivity index (χ3n) is 7.76. The normalized spacial score (nSPS) is 52.7. The molecule has 3 fully saturated rings. The lowest BCUT2D eigenvalue weighted by Crippen LogP contribution is -2.53. The SMILES string of the molecule is C[C@@]12CCC[C@H]1[C@@H]1CC(O)C3=CC(=O)CC[C@]3(C)[C@@H]1CC2. The molecule has 4 aliphatic carbocycles. The van der Waals surface area contributed by atoms with Crippen LogP contribution in [0.1, 0.15) is 65.2 Å². The Kier molecular flexibility index (Phi) is 2.96. The van der Waals surface area contributed by atoms with Crippen LogP contribution < -0.4 is 0 Å². The summed E-state index contributed by atoms with van der Waals surface area (Å²) in [6.45, 7) is 4.83. The number of aliphatic hydroxyl groups is 1. The van der Waals surface area contributed by atoms with Gasteiger partial charge in [0.25, 0.3) is 0 Å². The van der Waals surface area contributed by atoms with E-state index in [0.29, 0.717) is 23.7 Å². The summed E-state index contributed by atoms with van der Waals surface area (Å²) in [5.74, 6) is 2.40. The molecular weight excluding hydrogens is 260 g/mol. The van der Waals surface area contributed by atoms with E-state index >= 15 is 0 Å². The van der Waals surface area contributed by atoms with Crippen molar-refractivity contribution >= 4 is 5.78 Å². The van der Waals surface area contributed by atoms with Gasteiger partial charge in [-0.05, 0) is 78.8 Å². The number of rotatable bonds is 0. The Labute approximate surface area is 128 Å². The van der Waals surface area contributed by atoms with Gasteiger partial charge in [0, 0.05) is 6.42 Å². The molecule has 0 spiro atoms. The van der Waals surface area contributed by atoms with Gasteiger partial charge in [0.05, 0.1) is 6.10 Å². The van der Waals surface area contributed by atoms with Crippen LogP contribution in [0, 0.1) is 28.6 Å². The van der Waals surface area contributed by atoms with Gasteiger partial charge >= 0.3 is 0 Å². The van der Waals surface area contributed by atoms with E-state index in [9.17, 15) is 9.90 Å². The van der Waals surface area contributed by atoms with E-state index in [1.54, 1.807) is 6.08 Å². The number of aliphatic hydroxyl groups excluding tert-OH is 1. The highest BCUT2D eigenvalue weighted by Crippen LogP contribution is 2.65. The summed E-state index contributed by atoms with van der Waals surface area (Å²) in [7, 11) is 0. The fraction of sp³-hybridized carbons (Fsp3) is 0.842. The Hall–Kier alpha value is -0.630. The second-order valence-electron chi connectivity index (χ2n) is 8.70. The molecule has 21 heavy (non-hydrogen) atoms. The minimum absolute atomic E-state index is 0.0835. The lowest BCUT2D eigenvalue weighted by atomic mass is 9.47. The average Bonchev–Trinajstić information content (AvgIpc) is 2.83. The van der Waals surface area contributed by atoms with E-state index in [-0.39, 0.29) is 17.3 Å². The molecule has 2 nitrogen and oxygen atoms in total. The Morgan fingerprint density at radius 3 is 2.76 bits per heavy atom. The third-order valence-corrected chi connectivity index (χ3v) is 7.76. The van der Waals surface area contributed by atoms with E-state index in [1.807, 2.05) is 0 Å². The summed E-state index contributed by atoms with van der Waals surface area (Å²) in [6.07, 6.45) is 10.7. The maximum atomic E-state index is 11.8. The minimum atomic E-state index is -0.372. The molecule has 4 rings (SSSR count). The fourth-order valence-corrected chi connectivity index (χ4v) is 6.60. The van der Waals surface area contributed by atoms with Crippen molar-refractivity contribution in [3.8, 4) is 0 Å². The molecule has 3 saturated carbocycles. The summed E-state index contributed by atoms with van der Waals surface area (Å²) in [6, 6.07) is 0. The predicted octanol–water partition coefficient (Wildman–Crippen LogP) is 3.88. The van der Waals surface area contributed by atoms with Gasteiger partial charge in [-0.15, -0.1) is 0 Å². The quantitative estimate of drug-likeness (QED) is 0.734. The lowest BCUT2D eigenvalue weighted by Gasteiger charge is -2.58. The summed E-state index contributed by atoms with van der Waals surface area (Å²) >= 11 is 0. The number of hydrogen-bond acceptors (Lipinski definition) is 2. The largest absolute Gasteiger partial charge is 0.389 e. The number of carbonyl (C=O) groups excluding carboxylic acids is 1. The zero-order chi connectivity index (χ0) is 14.8. The minimum Gasteiger partial charge on any atom is -0.389 e. The molecule has 0 aliphatic heterocycles. The number of hydrogen-bond donors (Lipinski definition) is 1. The first-order chi connectivity index (χ1) is 9.94. The Morgan fingerprint density at radius 1 is 1.14 bits per heavy atom. The molecule has 0 bridgehead atoms. The van der Waals surface area contributed by atoms with Crippen molar-refractivity contribution in [2.24, 2.45) is 28.6 Å². The monoisotopic (exact) mass is 288 g/mol. The molecule has 0 radical (unpaired) electrons. The third kappa shape index (κ3) is 1.84. The lowest BCUT2D eigenvalue weighted by molar-refractivity contribution is -0.118. The number of fused-ring (bicyclic) bond motifs is 5. The molecule has 2 heteroatoms. The topological polar surface area (TPSA) is 37.3 Å². The van der Waals surface area contributed by atoms with Gasteiger partial charge in [-0.2, -0.15) is 0 Å². The highest BCUT2D eigenvalue weighted by atomic mass is 16.3. The Morgan fingerprint density at radius 2 is 1.95 bits per heavy atom. The van der Waals surface area contributed by atoms with Crippen LogP contribution in [0.3, 0.4) is 0 Å². The van der Waals surface area contributed by atoms with E-state index in [1.165, 1.54) is 32.1 Å². The highest BCUT2D eigenvalue weighted by molar-refractivity contribution is 5.91. The smallest absolute Gasteiger partial charge is 0.155 e. The zero-order valence-electron chi connectivity index (χ0n) is 13.4. The standard InChI is InChI=1S/C19H28O2/c1-18-7-3-4-14(18)13-11-17(21)16-10-12(20)5-9-19(16,2)15(13)6-8-18/h10,13-15,17,21H,3-9,11H2,1-2H3/t13-,14-,15+,17?,18-,19+/m0/s1. The molecule has 116 valence electrons. The van der Waals surface area contributed by atoms with Gasteiger partial charge in [-0.25, -0.2) is 0 Å². The van der Waals surface area contributed by atoms with Gasteiger partial charge in [0.15, 0.2) is 5.78 Å². The number of carbonyl (C=O) groups is 1. The van der Waals surface area contributed by atoms with Gasteiger partial charge in [-0.1, -0.05) is 20.3 Å². The number of ketones is 1. The van der Waals surface area contributed by atoms with Crippen LogP contribution in [-0.4, -0.2) is 17.0 Å². The molecule has 1 N–H and O–H groups in total. The highest BCUT2D eigenvalue weighted by Gasteiger charge is 2.58. The summed E-state index contributed by atoms with van der Waals surface area (Å²) < 4.78 is 0. The maximum absolute atomic E-state index is 11.8. The first kappa shape index (κ1) is 14.0.